The number of fused-ring (bicyclic) bond motifs is 1. The second-order valence-corrected chi connectivity index (χ2v) is 7.96. The Morgan fingerprint density at radius 3 is 2.75 bits per heavy atom. The molecule has 0 atom stereocenters. The minimum absolute atomic E-state index is 0.0882. The molecule has 146 valence electrons. The van der Waals surface area contributed by atoms with Crippen LogP contribution >= 0.6 is 0 Å². The Balaban J connectivity index is 1.62. The summed E-state index contributed by atoms with van der Waals surface area (Å²) in [6.07, 6.45) is 9.51. The number of hydrogen-bond donors (Lipinski definition) is 2. The number of aromatic amines is 1. The lowest BCUT2D eigenvalue weighted by Gasteiger charge is -2.22. The Morgan fingerprint density at radius 2 is 1.96 bits per heavy atom. The monoisotopic (exact) mass is 377 g/mol. The highest BCUT2D eigenvalue weighted by Crippen LogP contribution is 2.26. The highest BCUT2D eigenvalue weighted by atomic mass is 16.2. The molecule has 0 aliphatic heterocycles. The number of rotatable bonds is 5. The number of H-pyrrole nitrogens is 1. The first-order chi connectivity index (χ1) is 13.6. The van der Waals surface area contributed by atoms with Gasteiger partial charge in [0.1, 0.15) is 0 Å². The molecule has 1 amide bonds. The van der Waals surface area contributed by atoms with Crippen molar-refractivity contribution in [2.45, 2.75) is 44.7 Å². The molecule has 0 unspecified atom stereocenters. The predicted molar refractivity (Wildman–Crippen MR) is 111 cm³/mol. The molecule has 0 bridgehead atoms. The van der Waals surface area contributed by atoms with Crippen LogP contribution in [0.5, 0.6) is 0 Å². The van der Waals surface area contributed by atoms with Crippen molar-refractivity contribution in [3.05, 3.63) is 47.9 Å². The minimum Gasteiger partial charge on any atom is -0.348 e. The van der Waals surface area contributed by atoms with E-state index in [2.05, 4.69) is 31.5 Å². The van der Waals surface area contributed by atoms with Gasteiger partial charge in [-0.2, -0.15) is 5.10 Å². The second kappa shape index (κ2) is 8.10. The van der Waals surface area contributed by atoms with Gasteiger partial charge in [0.05, 0.1) is 5.52 Å². The smallest absolute Gasteiger partial charge is 0.272 e. The lowest BCUT2D eigenvalue weighted by atomic mass is 9.95. The zero-order valence-corrected chi connectivity index (χ0v) is 16.5. The number of aromatic nitrogens is 3. The molecular formula is C22H27N5O. The fourth-order valence-electron chi connectivity index (χ4n) is 3.96. The van der Waals surface area contributed by atoms with Gasteiger partial charge in [-0.15, -0.1) is 0 Å². The van der Waals surface area contributed by atoms with E-state index in [1.54, 1.807) is 0 Å². The minimum atomic E-state index is -0.0882. The number of nitrogens with zero attached hydrogens (tertiary/aromatic N) is 3. The maximum atomic E-state index is 12.8. The van der Waals surface area contributed by atoms with Crippen molar-refractivity contribution in [1.29, 1.82) is 0 Å². The van der Waals surface area contributed by atoms with Crippen LogP contribution in [-0.2, 0) is 6.54 Å². The molecule has 0 spiro atoms. The molecule has 0 saturated heterocycles. The second-order valence-electron chi connectivity index (χ2n) is 7.96. The molecule has 1 aliphatic carbocycles. The number of amides is 1. The van der Waals surface area contributed by atoms with E-state index < -0.39 is 0 Å². The van der Waals surface area contributed by atoms with E-state index >= 15 is 0 Å². The van der Waals surface area contributed by atoms with Crippen molar-refractivity contribution in [3.8, 4) is 11.1 Å². The number of carbonyl (C=O) groups is 1. The summed E-state index contributed by atoms with van der Waals surface area (Å²) in [5, 5.41) is 11.3. The summed E-state index contributed by atoms with van der Waals surface area (Å²) in [5.74, 6) is -0.0882. The highest BCUT2D eigenvalue weighted by Gasteiger charge is 2.20. The van der Waals surface area contributed by atoms with Crippen LogP contribution in [0.15, 0.2) is 36.7 Å². The molecule has 1 fully saturated rings. The molecule has 2 N–H and O–H groups in total. The molecule has 4 rings (SSSR count). The average Bonchev–Trinajstić information content (AvgIpc) is 3.12. The molecule has 6 heteroatoms. The van der Waals surface area contributed by atoms with Crippen LogP contribution in [0, 0.1) is 0 Å². The quantitative estimate of drug-likeness (QED) is 0.710. The molecule has 1 aliphatic rings. The summed E-state index contributed by atoms with van der Waals surface area (Å²) in [5.41, 5.74) is 4.58. The molecule has 3 aromatic rings. The van der Waals surface area contributed by atoms with Gasteiger partial charge in [0, 0.05) is 35.9 Å². The molecule has 2 heterocycles. The number of pyridine rings is 1. The van der Waals surface area contributed by atoms with Crippen molar-refractivity contribution in [2.75, 3.05) is 14.1 Å². The number of nitrogens with one attached hydrogen (secondary N) is 2. The van der Waals surface area contributed by atoms with Gasteiger partial charge < -0.3 is 10.2 Å². The average molecular weight is 377 g/mol. The fourth-order valence-corrected chi connectivity index (χ4v) is 3.96. The van der Waals surface area contributed by atoms with Crippen LogP contribution in [0.3, 0.4) is 0 Å². The van der Waals surface area contributed by atoms with Crippen LogP contribution < -0.4 is 5.32 Å². The van der Waals surface area contributed by atoms with Crippen molar-refractivity contribution in [2.24, 2.45) is 0 Å². The fraction of sp³-hybridized carbons (Fsp3) is 0.409. The largest absolute Gasteiger partial charge is 0.348 e. The van der Waals surface area contributed by atoms with Crippen LogP contribution in [0.25, 0.3) is 22.0 Å². The summed E-state index contributed by atoms with van der Waals surface area (Å²) in [4.78, 5) is 19.3. The van der Waals surface area contributed by atoms with E-state index in [4.69, 9.17) is 0 Å². The van der Waals surface area contributed by atoms with E-state index in [0.717, 1.165) is 47.0 Å². The Hall–Kier alpha value is -2.73. The van der Waals surface area contributed by atoms with Gasteiger partial charge in [0.25, 0.3) is 5.91 Å². The third kappa shape index (κ3) is 4.07. The van der Waals surface area contributed by atoms with E-state index in [1.165, 1.54) is 19.3 Å². The molecule has 28 heavy (non-hydrogen) atoms. The summed E-state index contributed by atoms with van der Waals surface area (Å²) >= 11 is 0. The molecule has 2 aromatic heterocycles. The van der Waals surface area contributed by atoms with Gasteiger partial charge in [0.15, 0.2) is 5.69 Å². The SMILES string of the molecule is CN(C)Cc1cncc(-c2ccc3[nH]nc(C(=O)NC4CCCCC4)c3c2)c1. The molecule has 6 nitrogen and oxygen atoms in total. The first-order valence-corrected chi connectivity index (χ1v) is 9.98. The first-order valence-electron chi connectivity index (χ1n) is 9.98. The van der Waals surface area contributed by atoms with Crippen molar-refractivity contribution in [1.82, 2.24) is 25.4 Å². The van der Waals surface area contributed by atoms with Gasteiger partial charge in [0.2, 0.25) is 0 Å². The third-order valence-electron chi connectivity index (χ3n) is 5.35. The lowest BCUT2D eigenvalue weighted by Crippen LogP contribution is -2.36. The van der Waals surface area contributed by atoms with Crippen molar-refractivity contribution in [3.63, 3.8) is 0 Å². The zero-order valence-electron chi connectivity index (χ0n) is 16.5. The Kier molecular flexibility index (Phi) is 5.39. The van der Waals surface area contributed by atoms with E-state index in [0.29, 0.717) is 5.69 Å². The maximum Gasteiger partial charge on any atom is 0.272 e. The first kappa shape index (κ1) is 18.6. The van der Waals surface area contributed by atoms with E-state index in [9.17, 15) is 4.79 Å². The Labute approximate surface area is 165 Å². The summed E-state index contributed by atoms with van der Waals surface area (Å²) < 4.78 is 0. The van der Waals surface area contributed by atoms with Crippen molar-refractivity contribution >= 4 is 16.8 Å². The normalized spacial score (nSPS) is 15.2. The van der Waals surface area contributed by atoms with Crippen LogP contribution in [0.4, 0.5) is 0 Å². The van der Waals surface area contributed by atoms with Gasteiger partial charge in [-0.1, -0.05) is 25.3 Å². The summed E-state index contributed by atoms with van der Waals surface area (Å²) in [6.45, 7) is 0.837. The Bertz CT molecular complexity index is 972. The zero-order chi connectivity index (χ0) is 19.5. The molecule has 1 aromatic carbocycles. The lowest BCUT2D eigenvalue weighted by molar-refractivity contribution is 0.0924. The van der Waals surface area contributed by atoms with E-state index in [1.807, 2.05) is 44.7 Å². The van der Waals surface area contributed by atoms with Gasteiger partial charge in [-0.25, -0.2) is 0 Å². The maximum absolute atomic E-state index is 12.8. The number of benzene rings is 1. The summed E-state index contributed by atoms with van der Waals surface area (Å²) in [7, 11) is 4.09. The highest BCUT2D eigenvalue weighted by molar-refractivity contribution is 6.05. The molecule has 1 saturated carbocycles. The number of hydrogen-bond acceptors (Lipinski definition) is 4. The summed E-state index contributed by atoms with van der Waals surface area (Å²) in [6, 6.07) is 8.47. The third-order valence-corrected chi connectivity index (χ3v) is 5.35. The van der Waals surface area contributed by atoms with Gasteiger partial charge in [-0.3, -0.25) is 14.9 Å². The van der Waals surface area contributed by atoms with Crippen LogP contribution in [0.2, 0.25) is 0 Å². The Morgan fingerprint density at radius 1 is 1.14 bits per heavy atom. The van der Waals surface area contributed by atoms with Crippen LogP contribution in [0.1, 0.15) is 48.2 Å². The molecular weight excluding hydrogens is 350 g/mol. The standard InChI is InChI=1S/C22H27N5O/c1-27(2)14-15-10-17(13-23-12-15)16-8-9-20-19(11-16)21(26-25-20)22(28)24-18-6-4-3-5-7-18/h8-13,18H,3-7,14H2,1-2H3,(H,24,28)(H,25,26). The van der Waals surface area contributed by atoms with Gasteiger partial charge in [-0.05, 0) is 56.3 Å². The van der Waals surface area contributed by atoms with Crippen molar-refractivity contribution < 1.29 is 4.79 Å². The number of carbonyl (C=O) groups excluding carboxylic acids is 1. The topological polar surface area (TPSA) is 73.9 Å². The van der Waals surface area contributed by atoms with E-state index in [-0.39, 0.29) is 11.9 Å². The predicted octanol–water partition coefficient (Wildman–Crippen LogP) is 3.75. The van der Waals surface area contributed by atoms with Gasteiger partial charge >= 0.3 is 0 Å². The van der Waals surface area contributed by atoms with Crippen LogP contribution in [-0.4, -0.2) is 46.1 Å². The molecule has 0 radical (unpaired) electrons.